The van der Waals surface area contributed by atoms with Gasteiger partial charge >= 0.3 is 6.18 Å². The Kier molecular flexibility index (Phi) is 7.45. The predicted octanol–water partition coefficient (Wildman–Crippen LogP) is 5.42. The van der Waals surface area contributed by atoms with Crippen molar-refractivity contribution < 1.29 is 23.1 Å². The van der Waals surface area contributed by atoms with Gasteiger partial charge in [-0.1, -0.05) is 60.7 Å². The number of para-hydroxylation sites is 1. The second-order valence-electron chi connectivity index (χ2n) is 9.09. The van der Waals surface area contributed by atoms with E-state index in [1.807, 2.05) is 18.2 Å². The van der Waals surface area contributed by atoms with Crippen LogP contribution in [-0.4, -0.2) is 42.1 Å². The number of phenolic OH excluding ortho intramolecular Hbond substituents is 1. The molecule has 0 radical (unpaired) electrons. The van der Waals surface area contributed by atoms with Crippen LogP contribution < -0.4 is 5.32 Å². The van der Waals surface area contributed by atoms with Crippen molar-refractivity contribution in [3.8, 4) is 5.75 Å². The summed E-state index contributed by atoms with van der Waals surface area (Å²) in [5.74, 6) is -0.391. The number of aromatic hydroxyl groups is 1. The first-order chi connectivity index (χ1) is 16.8. The summed E-state index contributed by atoms with van der Waals surface area (Å²) in [5, 5.41) is 13.0. The summed E-state index contributed by atoms with van der Waals surface area (Å²) in [5.41, 5.74) is 0.815. The minimum absolute atomic E-state index is 0.0623. The van der Waals surface area contributed by atoms with Crippen LogP contribution >= 0.6 is 0 Å². The molecule has 1 heterocycles. The van der Waals surface area contributed by atoms with E-state index < -0.39 is 11.7 Å². The molecule has 4 rings (SSSR count). The Hall–Kier alpha value is -3.32. The number of hydrogen-bond donors (Lipinski definition) is 2. The SMILES string of the molecule is O=C(NCC1(c2ccccc2)CCN(CCc2ccccc2C(F)(F)F)CC1)c1ccccc1O. The lowest BCUT2D eigenvalue weighted by Crippen LogP contribution is -2.49. The summed E-state index contributed by atoms with van der Waals surface area (Å²) in [7, 11) is 0. The number of nitrogens with one attached hydrogen (secondary N) is 1. The molecule has 1 amide bonds. The molecule has 3 aromatic carbocycles. The lowest BCUT2D eigenvalue weighted by Gasteiger charge is -2.42. The maximum Gasteiger partial charge on any atom is 0.416 e. The zero-order valence-electron chi connectivity index (χ0n) is 19.4. The number of amides is 1. The third kappa shape index (κ3) is 5.85. The van der Waals surface area contributed by atoms with Gasteiger partial charge in [-0.2, -0.15) is 13.2 Å². The van der Waals surface area contributed by atoms with Gasteiger partial charge < -0.3 is 15.3 Å². The Bertz CT molecular complexity index is 1140. The van der Waals surface area contributed by atoms with Crippen LogP contribution in [0.4, 0.5) is 13.2 Å². The van der Waals surface area contributed by atoms with Gasteiger partial charge in [0.15, 0.2) is 0 Å². The molecule has 2 N–H and O–H groups in total. The van der Waals surface area contributed by atoms with Crippen molar-refractivity contribution in [1.82, 2.24) is 10.2 Å². The maximum absolute atomic E-state index is 13.3. The van der Waals surface area contributed by atoms with Crippen molar-refractivity contribution in [3.05, 3.63) is 101 Å². The van der Waals surface area contributed by atoms with Crippen molar-refractivity contribution in [3.63, 3.8) is 0 Å². The number of carbonyl (C=O) groups is 1. The van der Waals surface area contributed by atoms with Gasteiger partial charge in [0.25, 0.3) is 5.91 Å². The fraction of sp³-hybridized carbons (Fsp3) is 0.321. The normalized spacial score (nSPS) is 16.1. The Balaban J connectivity index is 1.43. The molecule has 4 nitrogen and oxygen atoms in total. The van der Waals surface area contributed by atoms with Gasteiger partial charge in [0.1, 0.15) is 5.75 Å². The summed E-state index contributed by atoms with van der Waals surface area (Å²) in [6, 6.07) is 22.2. The number of phenols is 1. The summed E-state index contributed by atoms with van der Waals surface area (Å²) in [4.78, 5) is 14.9. The number of alkyl halides is 3. The molecule has 0 saturated carbocycles. The van der Waals surface area contributed by atoms with Crippen LogP contribution in [-0.2, 0) is 18.0 Å². The quantitative estimate of drug-likeness (QED) is 0.473. The van der Waals surface area contributed by atoms with E-state index in [0.717, 1.165) is 37.6 Å². The molecule has 0 aromatic heterocycles. The average Bonchev–Trinajstić information content (AvgIpc) is 2.87. The van der Waals surface area contributed by atoms with Crippen LogP contribution in [0.3, 0.4) is 0 Å². The van der Waals surface area contributed by atoms with Crippen LogP contribution in [0.15, 0.2) is 78.9 Å². The lowest BCUT2D eigenvalue weighted by atomic mass is 9.72. The molecule has 1 aliphatic heterocycles. The summed E-state index contributed by atoms with van der Waals surface area (Å²) in [6.07, 6.45) is -2.50. The van der Waals surface area contributed by atoms with E-state index in [-0.39, 0.29) is 22.6 Å². The molecule has 35 heavy (non-hydrogen) atoms. The van der Waals surface area contributed by atoms with Gasteiger partial charge in [0.2, 0.25) is 0 Å². The fourth-order valence-electron chi connectivity index (χ4n) is 4.87. The highest BCUT2D eigenvalue weighted by molar-refractivity contribution is 5.96. The highest BCUT2D eigenvalue weighted by atomic mass is 19.4. The minimum Gasteiger partial charge on any atom is -0.507 e. The molecule has 0 bridgehead atoms. The molecule has 1 fully saturated rings. The molecular formula is C28H29F3N2O2. The maximum atomic E-state index is 13.3. The lowest BCUT2D eigenvalue weighted by molar-refractivity contribution is -0.138. The number of piperidine rings is 1. The highest BCUT2D eigenvalue weighted by Gasteiger charge is 2.37. The van der Waals surface area contributed by atoms with E-state index in [1.54, 1.807) is 30.3 Å². The van der Waals surface area contributed by atoms with E-state index in [2.05, 4.69) is 22.3 Å². The van der Waals surface area contributed by atoms with Crippen molar-refractivity contribution in [2.24, 2.45) is 0 Å². The van der Waals surface area contributed by atoms with Crippen LogP contribution in [0.2, 0.25) is 0 Å². The smallest absolute Gasteiger partial charge is 0.416 e. The molecule has 1 aliphatic rings. The monoisotopic (exact) mass is 482 g/mol. The minimum atomic E-state index is -4.35. The molecule has 0 aliphatic carbocycles. The molecule has 0 unspecified atom stereocenters. The molecule has 0 atom stereocenters. The van der Waals surface area contributed by atoms with Crippen molar-refractivity contribution in [2.75, 3.05) is 26.2 Å². The Labute approximate surface area is 203 Å². The second-order valence-corrected chi connectivity index (χ2v) is 9.09. The van der Waals surface area contributed by atoms with E-state index in [9.17, 15) is 23.1 Å². The number of halogens is 3. The Morgan fingerprint density at radius 2 is 1.54 bits per heavy atom. The predicted molar refractivity (Wildman–Crippen MR) is 129 cm³/mol. The highest BCUT2D eigenvalue weighted by Crippen LogP contribution is 2.36. The zero-order valence-corrected chi connectivity index (χ0v) is 19.4. The van der Waals surface area contributed by atoms with Gasteiger partial charge in [-0.3, -0.25) is 4.79 Å². The number of carbonyl (C=O) groups excluding carboxylic acids is 1. The number of rotatable bonds is 7. The van der Waals surface area contributed by atoms with Crippen LogP contribution in [0.1, 0.15) is 39.9 Å². The van der Waals surface area contributed by atoms with Crippen molar-refractivity contribution in [2.45, 2.75) is 30.9 Å². The summed E-state index contributed by atoms with van der Waals surface area (Å²) >= 11 is 0. The number of benzene rings is 3. The van der Waals surface area contributed by atoms with E-state index in [0.29, 0.717) is 25.1 Å². The van der Waals surface area contributed by atoms with E-state index in [1.165, 1.54) is 12.1 Å². The fourth-order valence-corrected chi connectivity index (χ4v) is 4.87. The third-order valence-electron chi connectivity index (χ3n) is 6.96. The van der Waals surface area contributed by atoms with E-state index >= 15 is 0 Å². The summed E-state index contributed by atoms with van der Waals surface area (Å²) < 4.78 is 40.0. The van der Waals surface area contributed by atoms with Gasteiger partial charge in [-0.15, -0.1) is 0 Å². The van der Waals surface area contributed by atoms with Crippen LogP contribution in [0.25, 0.3) is 0 Å². The first-order valence-electron chi connectivity index (χ1n) is 11.8. The Morgan fingerprint density at radius 3 is 2.23 bits per heavy atom. The molecule has 3 aromatic rings. The van der Waals surface area contributed by atoms with E-state index in [4.69, 9.17) is 0 Å². The van der Waals surface area contributed by atoms with Crippen LogP contribution in [0, 0.1) is 0 Å². The second kappa shape index (κ2) is 10.5. The average molecular weight is 483 g/mol. The van der Waals surface area contributed by atoms with Gasteiger partial charge in [0.05, 0.1) is 11.1 Å². The molecule has 184 valence electrons. The van der Waals surface area contributed by atoms with Gasteiger partial charge in [-0.05, 0) is 61.7 Å². The molecule has 7 heteroatoms. The van der Waals surface area contributed by atoms with Gasteiger partial charge in [-0.25, -0.2) is 0 Å². The van der Waals surface area contributed by atoms with Crippen molar-refractivity contribution in [1.29, 1.82) is 0 Å². The van der Waals surface area contributed by atoms with Crippen LogP contribution in [0.5, 0.6) is 5.75 Å². The largest absolute Gasteiger partial charge is 0.507 e. The number of likely N-dealkylation sites (tertiary alicyclic amines) is 1. The van der Waals surface area contributed by atoms with Gasteiger partial charge in [0, 0.05) is 18.5 Å². The molecular weight excluding hydrogens is 453 g/mol. The Morgan fingerprint density at radius 1 is 0.914 bits per heavy atom. The zero-order chi connectivity index (χ0) is 24.9. The first-order valence-corrected chi connectivity index (χ1v) is 11.8. The summed E-state index contributed by atoms with van der Waals surface area (Å²) in [6.45, 7) is 2.39. The first kappa shape index (κ1) is 24.8. The molecule has 0 spiro atoms. The standard InChI is InChI=1S/C28H29F3N2O2/c29-28(30,31)24-12-6-4-8-21(24)14-17-33-18-15-27(16-19-33,22-9-2-1-3-10-22)20-32-26(35)23-11-5-7-13-25(23)34/h1-13,34H,14-20H2,(H,32,35). The number of nitrogens with zero attached hydrogens (tertiary/aromatic N) is 1. The molecule has 1 saturated heterocycles. The van der Waals surface area contributed by atoms with Crippen molar-refractivity contribution >= 4 is 5.91 Å². The third-order valence-corrected chi connectivity index (χ3v) is 6.96. The number of hydrogen-bond acceptors (Lipinski definition) is 3. The topological polar surface area (TPSA) is 52.6 Å².